The molecule has 0 radical (unpaired) electrons. The van der Waals surface area contributed by atoms with Crippen LogP contribution in [0.5, 0.6) is 0 Å². The maximum absolute atomic E-state index is 12.1. The van der Waals surface area contributed by atoms with Gasteiger partial charge in [0.2, 0.25) is 0 Å². The Kier molecular flexibility index (Phi) is 3.56. The molecule has 1 unspecified atom stereocenters. The summed E-state index contributed by atoms with van der Waals surface area (Å²) in [6.45, 7) is 7.57. The summed E-state index contributed by atoms with van der Waals surface area (Å²) in [6.07, 6.45) is 2.69. The maximum Gasteiger partial charge on any atom is 0.411 e. The van der Waals surface area contributed by atoms with Crippen molar-refractivity contribution in [1.29, 1.82) is 0 Å². The van der Waals surface area contributed by atoms with Crippen LogP contribution in [-0.2, 0) is 4.74 Å². The molecule has 1 atom stereocenters. The van der Waals surface area contributed by atoms with Gasteiger partial charge in [0.05, 0.1) is 6.20 Å². The smallest absolute Gasteiger partial charge is 0.411 e. The van der Waals surface area contributed by atoms with Crippen LogP contribution in [0.15, 0.2) is 17.0 Å². The van der Waals surface area contributed by atoms with Crippen LogP contribution in [0, 0.1) is 0 Å². The van der Waals surface area contributed by atoms with Crippen LogP contribution in [0.2, 0.25) is 0 Å². The molecule has 6 heteroatoms. The van der Waals surface area contributed by atoms with Crippen LogP contribution >= 0.6 is 0 Å². The Balaban J connectivity index is 2.11. The Bertz CT molecular complexity index is 397. The molecule has 2 rings (SSSR count). The predicted octanol–water partition coefficient (Wildman–Crippen LogP) is 1.56. The van der Waals surface area contributed by atoms with Crippen molar-refractivity contribution in [2.75, 3.05) is 19.6 Å². The molecule has 1 N–H and O–H groups in total. The minimum atomic E-state index is -0.492. The van der Waals surface area contributed by atoms with Crippen LogP contribution in [-0.4, -0.2) is 41.2 Å². The zero-order valence-corrected chi connectivity index (χ0v) is 11.0. The highest BCUT2D eigenvalue weighted by Crippen LogP contribution is 2.23. The number of amides is 1. The molecule has 100 valence electrons. The van der Waals surface area contributed by atoms with E-state index in [1.807, 2.05) is 20.8 Å². The summed E-state index contributed by atoms with van der Waals surface area (Å²) in [5, 5.41) is 3.23. The first-order chi connectivity index (χ1) is 8.47. The van der Waals surface area contributed by atoms with Gasteiger partial charge < -0.3 is 14.5 Å². The molecule has 1 saturated heterocycles. The topological polar surface area (TPSA) is 67.6 Å². The van der Waals surface area contributed by atoms with E-state index < -0.39 is 5.60 Å². The number of hydrogen-bond acceptors (Lipinski definition) is 5. The van der Waals surface area contributed by atoms with Gasteiger partial charge in [0.1, 0.15) is 17.4 Å². The standard InChI is InChI=1S/C12H19N3O3/c1-12(2,3)18-11(16)15-5-4-13-6-9(15)10-7-14-8-17-10/h7-9,13H,4-6H2,1-3H3. The first-order valence-corrected chi connectivity index (χ1v) is 6.06. The number of hydrogen-bond donors (Lipinski definition) is 1. The Morgan fingerprint density at radius 2 is 2.39 bits per heavy atom. The van der Waals surface area contributed by atoms with Gasteiger partial charge in [-0.2, -0.15) is 0 Å². The van der Waals surface area contributed by atoms with Crippen LogP contribution in [0.3, 0.4) is 0 Å². The number of oxazole rings is 1. The SMILES string of the molecule is CC(C)(C)OC(=O)N1CCNCC1c1cnco1. The van der Waals surface area contributed by atoms with Gasteiger partial charge in [-0.25, -0.2) is 9.78 Å². The number of carbonyl (C=O) groups is 1. The van der Waals surface area contributed by atoms with Gasteiger partial charge in [-0.1, -0.05) is 0 Å². The average molecular weight is 253 g/mol. The number of rotatable bonds is 1. The molecule has 1 fully saturated rings. The predicted molar refractivity (Wildman–Crippen MR) is 65.1 cm³/mol. The highest BCUT2D eigenvalue weighted by atomic mass is 16.6. The summed E-state index contributed by atoms with van der Waals surface area (Å²) >= 11 is 0. The number of nitrogens with one attached hydrogen (secondary N) is 1. The second-order valence-electron chi connectivity index (χ2n) is 5.30. The summed E-state index contributed by atoms with van der Waals surface area (Å²) in [4.78, 5) is 17.7. The fourth-order valence-electron chi connectivity index (χ4n) is 1.89. The van der Waals surface area contributed by atoms with E-state index in [-0.39, 0.29) is 12.1 Å². The van der Waals surface area contributed by atoms with Crippen molar-refractivity contribution >= 4 is 6.09 Å². The Hall–Kier alpha value is -1.56. The van der Waals surface area contributed by atoms with E-state index in [0.29, 0.717) is 18.8 Å². The highest BCUT2D eigenvalue weighted by molar-refractivity contribution is 5.69. The molecule has 1 aromatic heterocycles. The van der Waals surface area contributed by atoms with E-state index >= 15 is 0 Å². The quantitative estimate of drug-likeness (QED) is 0.822. The maximum atomic E-state index is 12.1. The summed E-state index contributed by atoms with van der Waals surface area (Å²) in [7, 11) is 0. The lowest BCUT2D eigenvalue weighted by molar-refractivity contribution is 0.00932. The van der Waals surface area contributed by atoms with E-state index in [0.717, 1.165) is 6.54 Å². The lowest BCUT2D eigenvalue weighted by Crippen LogP contribution is -2.50. The van der Waals surface area contributed by atoms with E-state index in [1.54, 1.807) is 11.1 Å². The summed E-state index contributed by atoms with van der Waals surface area (Å²) < 4.78 is 10.7. The van der Waals surface area contributed by atoms with Crippen LogP contribution in [0.25, 0.3) is 0 Å². The molecule has 0 spiro atoms. The van der Waals surface area contributed by atoms with Crippen molar-refractivity contribution < 1.29 is 13.9 Å². The fraction of sp³-hybridized carbons (Fsp3) is 0.667. The Morgan fingerprint density at radius 1 is 1.61 bits per heavy atom. The molecule has 1 aliphatic rings. The number of piperazine rings is 1. The van der Waals surface area contributed by atoms with Gasteiger partial charge in [0, 0.05) is 19.6 Å². The van der Waals surface area contributed by atoms with Gasteiger partial charge in [0.25, 0.3) is 0 Å². The van der Waals surface area contributed by atoms with Gasteiger partial charge >= 0.3 is 6.09 Å². The second kappa shape index (κ2) is 4.97. The average Bonchev–Trinajstić information content (AvgIpc) is 2.80. The molecular weight excluding hydrogens is 234 g/mol. The molecule has 1 amide bonds. The minimum absolute atomic E-state index is 0.156. The second-order valence-corrected chi connectivity index (χ2v) is 5.30. The largest absolute Gasteiger partial charge is 0.446 e. The molecular formula is C12H19N3O3. The normalized spacial score (nSPS) is 20.8. The van der Waals surface area contributed by atoms with Crippen molar-refractivity contribution in [2.45, 2.75) is 32.4 Å². The van der Waals surface area contributed by atoms with Gasteiger partial charge in [-0.15, -0.1) is 0 Å². The van der Waals surface area contributed by atoms with E-state index in [2.05, 4.69) is 10.3 Å². The van der Waals surface area contributed by atoms with E-state index in [4.69, 9.17) is 9.15 Å². The highest BCUT2D eigenvalue weighted by Gasteiger charge is 2.32. The Labute approximate surface area is 106 Å². The monoisotopic (exact) mass is 253 g/mol. The lowest BCUT2D eigenvalue weighted by atomic mass is 10.1. The summed E-state index contributed by atoms with van der Waals surface area (Å²) in [5.41, 5.74) is -0.492. The van der Waals surface area contributed by atoms with Gasteiger partial charge in [0.15, 0.2) is 6.39 Å². The lowest BCUT2D eigenvalue weighted by Gasteiger charge is -2.35. The molecule has 6 nitrogen and oxygen atoms in total. The molecule has 2 heterocycles. The first-order valence-electron chi connectivity index (χ1n) is 6.06. The molecule has 0 bridgehead atoms. The van der Waals surface area contributed by atoms with Crippen molar-refractivity contribution in [3.8, 4) is 0 Å². The molecule has 0 aliphatic carbocycles. The van der Waals surface area contributed by atoms with Crippen molar-refractivity contribution in [2.24, 2.45) is 0 Å². The number of aromatic nitrogens is 1. The van der Waals surface area contributed by atoms with Crippen LogP contribution in [0.4, 0.5) is 4.79 Å². The van der Waals surface area contributed by atoms with Gasteiger partial charge in [-0.05, 0) is 20.8 Å². The fourth-order valence-corrected chi connectivity index (χ4v) is 1.89. The third-order valence-electron chi connectivity index (χ3n) is 2.65. The third-order valence-corrected chi connectivity index (χ3v) is 2.65. The summed E-state index contributed by atoms with van der Waals surface area (Å²) in [5.74, 6) is 0.674. The Morgan fingerprint density at radius 3 is 3.00 bits per heavy atom. The van der Waals surface area contributed by atoms with E-state index in [9.17, 15) is 4.79 Å². The number of ether oxygens (including phenoxy) is 1. The zero-order valence-electron chi connectivity index (χ0n) is 11.0. The molecule has 0 saturated carbocycles. The zero-order chi connectivity index (χ0) is 13.2. The third kappa shape index (κ3) is 3.01. The molecule has 1 aliphatic heterocycles. The molecule has 18 heavy (non-hydrogen) atoms. The van der Waals surface area contributed by atoms with Crippen LogP contribution in [0.1, 0.15) is 32.6 Å². The van der Waals surface area contributed by atoms with Crippen LogP contribution < -0.4 is 5.32 Å². The van der Waals surface area contributed by atoms with Gasteiger partial charge in [-0.3, -0.25) is 4.90 Å². The minimum Gasteiger partial charge on any atom is -0.446 e. The molecule has 1 aromatic rings. The summed E-state index contributed by atoms with van der Waals surface area (Å²) in [6, 6.07) is -0.156. The van der Waals surface area contributed by atoms with Crippen molar-refractivity contribution in [1.82, 2.24) is 15.2 Å². The number of nitrogens with zero attached hydrogens (tertiary/aromatic N) is 2. The van der Waals surface area contributed by atoms with E-state index in [1.165, 1.54) is 6.39 Å². The molecule has 0 aromatic carbocycles. The first kappa shape index (κ1) is 12.9. The van der Waals surface area contributed by atoms with Crippen molar-refractivity contribution in [3.63, 3.8) is 0 Å². The van der Waals surface area contributed by atoms with Crippen molar-refractivity contribution in [3.05, 3.63) is 18.4 Å². The number of carbonyl (C=O) groups excluding carboxylic acids is 1.